The molecular formula is C16H22N4O4. The topological polar surface area (TPSA) is 88.2 Å². The highest BCUT2D eigenvalue weighted by Gasteiger charge is 2.04. The molecule has 8 nitrogen and oxygen atoms in total. The zero-order chi connectivity index (χ0) is 17.0. The molecule has 0 spiro atoms. The highest BCUT2D eigenvalue weighted by Crippen LogP contribution is 2.06. The summed E-state index contributed by atoms with van der Waals surface area (Å²) < 4.78 is 12.8. The van der Waals surface area contributed by atoms with Gasteiger partial charge in [0.25, 0.3) is 0 Å². The van der Waals surface area contributed by atoms with Gasteiger partial charge in [-0.15, -0.1) is 0 Å². The number of hydrogen-bond acceptors (Lipinski definition) is 6. The van der Waals surface area contributed by atoms with E-state index in [-0.39, 0.29) is 0 Å². The zero-order valence-electron chi connectivity index (χ0n) is 13.5. The molecule has 2 rings (SSSR count). The van der Waals surface area contributed by atoms with Crippen LogP contribution in [0.4, 0.5) is 9.59 Å². The van der Waals surface area contributed by atoms with E-state index in [1.54, 1.807) is 12.4 Å². The Morgan fingerprint density at radius 1 is 0.708 bits per heavy atom. The molecule has 8 heteroatoms. The van der Waals surface area contributed by atoms with Crippen LogP contribution >= 0.6 is 0 Å². The summed E-state index contributed by atoms with van der Waals surface area (Å²) in [5.74, 6) is 0. The first-order valence-electron chi connectivity index (χ1n) is 8.07. The first-order chi connectivity index (χ1) is 11.8. The molecule has 0 amide bonds. The summed E-state index contributed by atoms with van der Waals surface area (Å²) >= 11 is 0. The van der Waals surface area contributed by atoms with Crippen molar-refractivity contribution >= 4 is 12.2 Å². The largest absolute Gasteiger partial charge is 0.449 e. The van der Waals surface area contributed by atoms with Gasteiger partial charge in [-0.25, -0.2) is 28.7 Å². The van der Waals surface area contributed by atoms with Gasteiger partial charge in [-0.2, -0.15) is 0 Å². The molecule has 0 aromatic carbocycles. The Morgan fingerprint density at radius 2 is 1.12 bits per heavy atom. The third kappa shape index (κ3) is 6.23. The Hall–Kier alpha value is -2.64. The van der Waals surface area contributed by atoms with Crippen LogP contribution in [0, 0.1) is 0 Å². The summed E-state index contributed by atoms with van der Waals surface area (Å²) in [6.07, 6.45) is 14.1. The highest BCUT2D eigenvalue weighted by molar-refractivity contribution is 5.70. The number of imidazole rings is 2. The Labute approximate surface area is 140 Å². The molecule has 0 aliphatic carbocycles. The maximum absolute atomic E-state index is 11.5. The lowest BCUT2D eigenvalue weighted by atomic mass is 10.1. The molecule has 2 aromatic heterocycles. The minimum atomic E-state index is -0.396. The fourth-order valence-electron chi connectivity index (χ4n) is 2.11. The zero-order valence-corrected chi connectivity index (χ0v) is 13.5. The number of aromatic nitrogens is 4. The predicted octanol–water partition coefficient (Wildman–Crippen LogP) is 3.09. The summed E-state index contributed by atoms with van der Waals surface area (Å²) in [4.78, 5) is 30.6. The van der Waals surface area contributed by atoms with Gasteiger partial charge in [0.2, 0.25) is 0 Å². The summed E-state index contributed by atoms with van der Waals surface area (Å²) in [5, 5.41) is 0. The monoisotopic (exact) mass is 334 g/mol. The highest BCUT2D eigenvalue weighted by atomic mass is 16.6. The van der Waals surface area contributed by atoms with E-state index in [4.69, 9.17) is 9.47 Å². The lowest BCUT2D eigenvalue weighted by Gasteiger charge is -2.06. The Morgan fingerprint density at radius 3 is 1.50 bits per heavy atom. The standard InChI is InChI=1S/C16H22N4O4/c21-15(19-9-7-17-13-19)23-11-5-3-1-2-4-6-12-24-16(22)20-10-8-18-14-20/h7-10,13-14H,1-6,11-12H2. The van der Waals surface area contributed by atoms with Crippen LogP contribution in [0.15, 0.2) is 37.4 Å². The molecule has 2 aromatic rings. The molecule has 0 atom stereocenters. The van der Waals surface area contributed by atoms with E-state index in [0.717, 1.165) is 38.5 Å². The van der Waals surface area contributed by atoms with E-state index in [2.05, 4.69) is 9.97 Å². The minimum absolute atomic E-state index is 0.396. The quantitative estimate of drug-likeness (QED) is 0.655. The van der Waals surface area contributed by atoms with Gasteiger partial charge >= 0.3 is 12.2 Å². The molecule has 0 aliphatic heterocycles. The second-order valence-corrected chi connectivity index (χ2v) is 5.29. The van der Waals surface area contributed by atoms with Gasteiger partial charge in [0.15, 0.2) is 0 Å². The van der Waals surface area contributed by atoms with Crippen LogP contribution < -0.4 is 0 Å². The summed E-state index contributed by atoms with van der Waals surface area (Å²) in [6.45, 7) is 0.832. The number of unbranched alkanes of at least 4 members (excludes halogenated alkanes) is 5. The molecule has 0 aliphatic rings. The molecule has 0 fully saturated rings. The molecule has 0 saturated carbocycles. The molecular weight excluding hydrogens is 312 g/mol. The smallest absolute Gasteiger partial charge is 0.419 e. The van der Waals surface area contributed by atoms with Crippen molar-refractivity contribution in [3.05, 3.63) is 37.4 Å². The van der Waals surface area contributed by atoms with Crippen molar-refractivity contribution < 1.29 is 19.1 Å². The van der Waals surface area contributed by atoms with Crippen LogP contribution in [0.3, 0.4) is 0 Å². The third-order valence-corrected chi connectivity index (χ3v) is 3.42. The van der Waals surface area contributed by atoms with Crippen LogP contribution in [-0.2, 0) is 9.47 Å². The van der Waals surface area contributed by atoms with E-state index >= 15 is 0 Å². The second kappa shape index (κ2) is 10.2. The molecule has 0 radical (unpaired) electrons. The number of carbonyl (C=O) groups is 2. The van der Waals surface area contributed by atoms with E-state index in [0.29, 0.717) is 13.2 Å². The van der Waals surface area contributed by atoms with Crippen LogP contribution in [0.5, 0.6) is 0 Å². The molecule has 0 N–H and O–H groups in total. The van der Waals surface area contributed by atoms with Crippen molar-refractivity contribution in [2.45, 2.75) is 38.5 Å². The van der Waals surface area contributed by atoms with E-state index < -0.39 is 12.2 Å². The van der Waals surface area contributed by atoms with Crippen molar-refractivity contribution in [3.63, 3.8) is 0 Å². The van der Waals surface area contributed by atoms with Gasteiger partial charge in [-0.05, 0) is 12.8 Å². The van der Waals surface area contributed by atoms with Crippen LogP contribution in [0.1, 0.15) is 38.5 Å². The number of hydrogen-bond donors (Lipinski definition) is 0. The molecule has 130 valence electrons. The maximum Gasteiger partial charge on any atom is 0.419 e. The molecule has 0 bridgehead atoms. The maximum atomic E-state index is 11.5. The van der Waals surface area contributed by atoms with E-state index in [1.165, 1.54) is 34.2 Å². The first kappa shape index (κ1) is 17.7. The van der Waals surface area contributed by atoms with Gasteiger partial charge in [0, 0.05) is 24.8 Å². The van der Waals surface area contributed by atoms with Gasteiger partial charge < -0.3 is 9.47 Å². The number of rotatable bonds is 9. The summed E-state index contributed by atoms with van der Waals surface area (Å²) in [6, 6.07) is 0. The van der Waals surface area contributed by atoms with Gasteiger partial charge in [-0.1, -0.05) is 25.7 Å². The van der Waals surface area contributed by atoms with Crippen molar-refractivity contribution in [1.29, 1.82) is 0 Å². The van der Waals surface area contributed by atoms with Crippen molar-refractivity contribution in [2.75, 3.05) is 13.2 Å². The van der Waals surface area contributed by atoms with Crippen molar-refractivity contribution in [2.24, 2.45) is 0 Å². The lowest BCUT2D eigenvalue weighted by molar-refractivity contribution is 0.143. The number of ether oxygens (including phenoxy) is 2. The third-order valence-electron chi connectivity index (χ3n) is 3.42. The second-order valence-electron chi connectivity index (χ2n) is 5.29. The molecule has 24 heavy (non-hydrogen) atoms. The fourth-order valence-corrected chi connectivity index (χ4v) is 2.11. The van der Waals surface area contributed by atoms with E-state index in [1.807, 2.05) is 0 Å². The SMILES string of the molecule is O=C(OCCCCCCCCOC(=O)n1ccnc1)n1ccnc1. The number of carbonyl (C=O) groups excluding carboxylic acids is 2. The average Bonchev–Trinajstić information content (AvgIpc) is 3.29. The van der Waals surface area contributed by atoms with Crippen molar-refractivity contribution in [1.82, 2.24) is 19.1 Å². The predicted molar refractivity (Wildman–Crippen MR) is 85.6 cm³/mol. The molecule has 0 unspecified atom stereocenters. The van der Waals surface area contributed by atoms with Gasteiger partial charge in [-0.3, -0.25) is 0 Å². The average molecular weight is 334 g/mol. The van der Waals surface area contributed by atoms with Crippen LogP contribution in [0.2, 0.25) is 0 Å². The molecule has 2 heterocycles. The summed E-state index contributed by atoms with van der Waals surface area (Å²) in [5.41, 5.74) is 0. The number of nitrogens with zero attached hydrogens (tertiary/aromatic N) is 4. The van der Waals surface area contributed by atoms with Gasteiger partial charge in [0.05, 0.1) is 13.2 Å². The normalized spacial score (nSPS) is 10.5. The minimum Gasteiger partial charge on any atom is -0.449 e. The Kier molecular flexibility index (Phi) is 7.52. The van der Waals surface area contributed by atoms with Crippen LogP contribution in [-0.4, -0.2) is 44.5 Å². The van der Waals surface area contributed by atoms with Crippen LogP contribution in [0.25, 0.3) is 0 Å². The summed E-state index contributed by atoms with van der Waals surface area (Å²) in [7, 11) is 0. The first-order valence-corrected chi connectivity index (χ1v) is 8.07. The van der Waals surface area contributed by atoms with E-state index in [9.17, 15) is 9.59 Å². The molecule has 0 saturated heterocycles. The fraction of sp³-hybridized carbons (Fsp3) is 0.500. The Bertz CT molecular complexity index is 541. The van der Waals surface area contributed by atoms with Gasteiger partial charge in [0.1, 0.15) is 12.7 Å². The Balaban J connectivity index is 1.38. The van der Waals surface area contributed by atoms with Crippen molar-refractivity contribution in [3.8, 4) is 0 Å². The lowest BCUT2D eigenvalue weighted by Crippen LogP contribution is -2.12.